The van der Waals surface area contributed by atoms with E-state index in [4.69, 9.17) is 14.2 Å². The number of rotatable bonds is 6. The van der Waals surface area contributed by atoms with Gasteiger partial charge in [0.2, 0.25) is 0 Å². The molecule has 0 saturated heterocycles. The molecule has 0 saturated carbocycles. The van der Waals surface area contributed by atoms with E-state index in [-0.39, 0.29) is 23.6 Å². The maximum atomic E-state index is 13.5. The van der Waals surface area contributed by atoms with Crippen molar-refractivity contribution in [2.75, 3.05) is 33.3 Å². The summed E-state index contributed by atoms with van der Waals surface area (Å²) in [4.78, 5) is 31.3. The van der Waals surface area contributed by atoms with Gasteiger partial charge in [0.25, 0.3) is 0 Å². The van der Waals surface area contributed by atoms with Crippen molar-refractivity contribution in [3.63, 3.8) is 0 Å². The van der Waals surface area contributed by atoms with Crippen LogP contribution in [0.4, 0.5) is 18.0 Å². The second-order valence-corrected chi connectivity index (χ2v) is 10.6. The summed E-state index contributed by atoms with van der Waals surface area (Å²) in [5.41, 5.74) is 1.12. The van der Waals surface area contributed by atoms with Gasteiger partial charge < -0.3 is 14.2 Å². The third-order valence-corrected chi connectivity index (χ3v) is 6.30. The van der Waals surface area contributed by atoms with Crippen molar-refractivity contribution in [3.05, 3.63) is 58.4 Å². The molecular formula is C30H41F3N3O5+. The zero-order valence-corrected chi connectivity index (χ0v) is 25.3. The SMILES string of the molecule is CC.COC(=O)c1cc(C)c(C)cc1OC(CN1CC[N+](C(=O)OC(C)(C)C)=C(C)C1)c1cc(C(F)(F)F)ccn1. The molecule has 8 nitrogen and oxygen atoms in total. The lowest BCUT2D eigenvalue weighted by Crippen LogP contribution is -2.48. The average molecular weight is 581 g/mol. The number of hydrogen-bond acceptors (Lipinski definition) is 7. The van der Waals surface area contributed by atoms with Crippen molar-refractivity contribution >= 4 is 17.8 Å². The highest BCUT2D eigenvalue weighted by atomic mass is 19.4. The molecule has 1 aliphatic heterocycles. The van der Waals surface area contributed by atoms with Gasteiger partial charge in [-0.25, -0.2) is 4.79 Å². The van der Waals surface area contributed by atoms with E-state index in [1.807, 2.05) is 32.6 Å². The predicted octanol–water partition coefficient (Wildman–Crippen LogP) is 6.37. The van der Waals surface area contributed by atoms with Gasteiger partial charge in [-0.1, -0.05) is 13.8 Å². The lowest BCUT2D eigenvalue weighted by Gasteiger charge is -2.30. The predicted molar refractivity (Wildman–Crippen MR) is 150 cm³/mol. The minimum atomic E-state index is -4.57. The van der Waals surface area contributed by atoms with Gasteiger partial charge in [0.1, 0.15) is 16.9 Å². The molecule has 0 spiro atoms. The molecule has 1 amide bonds. The van der Waals surface area contributed by atoms with Gasteiger partial charge in [-0.3, -0.25) is 9.88 Å². The van der Waals surface area contributed by atoms with Crippen LogP contribution in [0.15, 0.2) is 30.5 Å². The van der Waals surface area contributed by atoms with Crippen molar-refractivity contribution in [3.8, 4) is 5.75 Å². The fourth-order valence-corrected chi connectivity index (χ4v) is 4.18. The van der Waals surface area contributed by atoms with Crippen molar-refractivity contribution in [2.24, 2.45) is 0 Å². The summed E-state index contributed by atoms with van der Waals surface area (Å²) in [5.74, 6) is -0.443. The number of hydrogen-bond donors (Lipinski definition) is 0. The Bertz CT molecular complexity index is 1270. The van der Waals surface area contributed by atoms with Crippen LogP contribution < -0.4 is 4.74 Å². The summed E-state index contributed by atoms with van der Waals surface area (Å²) in [6.07, 6.45) is -4.89. The van der Waals surface area contributed by atoms with Crippen molar-refractivity contribution < 1.29 is 41.5 Å². The van der Waals surface area contributed by atoms with Gasteiger partial charge >= 0.3 is 18.2 Å². The first kappa shape index (κ1) is 33.7. The number of methoxy groups -OCH3 is 1. The molecule has 1 aliphatic rings. The van der Waals surface area contributed by atoms with Crippen LogP contribution in [0.3, 0.4) is 0 Å². The Morgan fingerprint density at radius 3 is 2.27 bits per heavy atom. The second-order valence-electron chi connectivity index (χ2n) is 10.6. The van der Waals surface area contributed by atoms with Crippen LogP contribution in [-0.2, 0) is 15.7 Å². The second kappa shape index (κ2) is 13.9. The largest absolute Gasteiger partial charge is 0.596 e. The molecule has 226 valence electrons. The Balaban J connectivity index is 0.00000287. The molecule has 0 N–H and O–H groups in total. The summed E-state index contributed by atoms with van der Waals surface area (Å²) < 4.78 is 58.8. The number of nitrogens with zero attached hydrogens (tertiary/aromatic N) is 3. The Hall–Kier alpha value is -3.47. The van der Waals surface area contributed by atoms with Crippen LogP contribution in [0.5, 0.6) is 5.75 Å². The number of aryl methyl sites for hydroxylation is 2. The van der Waals surface area contributed by atoms with Crippen LogP contribution in [0.1, 0.15) is 80.4 Å². The van der Waals surface area contributed by atoms with Crippen molar-refractivity contribution in [1.29, 1.82) is 0 Å². The number of carbonyl (C=O) groups excluding carboxylic acids is 2. The first-order chi connectivity index (χ1) is 19.1. The zero-order valence-electron chi connectivity index (χ0n) is 25.3. The molecule has 2 heterocycles. The molecule has 2 aromatic rings. The van der Waals surface area contributed by atoms with Gasteiger partial charge in [0.05, 0.1) is 31.5 Å². The molecule has 3 rings (SSSR count). The average Bonchev–Trinajstić information content (AvgIpc) is 2.89. The van der Waals surface area contributed by atoms with Crippen LogP contribution in [0.2, 0.25) is 0 Å². The van der Waals surface area contributed by atoms with E-state index in [9.17, 15) is 22.8 Å². The van der Waals surface area contributed by atoms with Gasteiger partial charge in [0.15, 0.2) is 18.4 Å². The van der Waals surface area contributed by atoms with Crippen molar-refractivity contribution in [1.82, 2.24) is 9.88 Å². The maximum absolute atomic E-state index is 13.5. The summed E-state index contributed by atoms with van der Waals surface area (Å²) >= 11 is 0. The lowest BCUT2D eigenvalue weighted by molar-refractivity contribution is -0.458. The number of halogens is 3. The van der Waals surface area contributed by atoms with Gasteiger partial charge in [0, 0.05) is 19.7 Å². The fourth-order valence-electron chi connectivity index (χ4n) is 4.18. The Morgan fingerprint density at radius 1 is 1.07 bits per heavy atom. The highest BCUT2D eigenvalue weighted by Gasteiger charge is 2.35. The molecule has 1 unspecified atom stereocenters. The summed E-state index contributed by atoms with van der Waals surface area (Å²) in [6.45, 7) is 16.1. The number of amides is 1. The molecule has 41 heavy (non-hydrogen) atoms. The Kier molecular flexibility index (Phi) is 11.5. The number of ether oxygens (including phenoxy) is 3. The third-order valence-electron chi connectivity index (χ3n) is 6.30. The highest BCUT2D eigenvalue weighted by Crippen LogP contribution is 2.33. The monoisotopic (exact) mass is 580 g/mol. The minimum Gasteiger partial charge on any atom is -0.482 e. The number of alkyl halides is 3. The molecule has 1 aromatic heterocycles. The number of aromatic nitrogens is 1. The number of pyridine rings is 1. The van der Waals surface area contributed by atoms with E-state index in [1.165, 1.54) is 7.11 Å². The summed E-state index contributed by atoms with van der Waals surface area (Å²) in [6, 6.07) is 5.15. The van der Waals surface area contributed by atoms with E-state index >= 15 is 0 Å². The number of benzene rings is 1. The van der Waals surface area contributed by atoms with Gasteiger partial charge in [-0.15, -0.1) is 4.58 Å². The molecule has 0 bridgehead atoms. The first-order valence-corrected chi connectivity index (χ1v) is 13.5. The van der Waals surface area contributed by atoms with E-state index < -0.39 is 35.5 Å². The van der Waals surface area contributed by atoms with E-state index in [2.05, 4.69) is 4.98 Å². The first-order valence-electron chi connectivity index (χ1n) is 13.5. The van der Waals surface area contributed by atoms with E-state index in [0.717, 1.165) is 35.2 Å². The van der Waals surface area contributed by atoms with Crippen molar-refractivity contribution in [2.45, 2.75) is 73.3 Å². The quantitative estimate of drug-likeness (QED) is 0.290. The Labute approximate surface area is 240 Å². The molecule has 0 aliphatic carbocycles. The molecule has 0 radical (unpaired) electrons. The molecular weight excluding hydrogens is 539 g/mol. The van der Waals surface area contributed by atoms with Gasteiger partial charge in [-0.05, 0) is 70.0 Å². The molecule has 1 aromatic carbocycles. The number of carbonyl (C=O) groups is 2. The minimum absolute atomic E-state index is 0.0612. The Morgan fingerprint density at radius 2 is 1.71 bits per heavy atom. The fraction of sp³-hybridized carbons (Fsp3) is 0.533. The van der Waals surface area contributed by atoms with E-state index in [1.54, 1.807) is 44.4 Å². The standard InChI is InChI=1S/C28H35F3N3O5.C2H6/c1-17-12-21(25(35)37-7)23(13-18(17)2)38-24(22-14-20(8-9-32-22)28(29,30)31)16-33-10-11-34(19(3)15-33)26(36)39-27(4,5)6;1-2/h8-9,12-14,24H,10-11,15-16H2,1-7H3;1-2H3/q+1;. The van der Waals surface area contributed by atoms with Crippen LogP contribution >= 0.6 is 0 Å². The van der Waals surface area contributed by atoms with Crippen LogP contribution in [0.25, 0.3) is 0 Å². The smallest absolute Gasteiger partial charge is 0.482 e. The van der Waals surface area contributed by atoms with E-state index in [0.29, 0.717) is 19.6 Å². The normalized spacial score (nSPS) is 15.0. The maximum Gasteiger partial charge on any atom is 0.596 e. The third kappa shape index (κ3) is 9.27. The van der Waals surface area contributed by atoms with Gasteiger partial charge in [-0.2, -0.15) is 18.0 Å². The highest BCUT2D eigenvalue weighted by molar-refractivity contribution is 5.93. The number of esters is 1. The van der Waals surface area contributed by atoms with Crippen LogP contribution in [0, 0.1) is 13.8 Å². The molecule has 1 atom stereocenters. The van der Waals surface area contributed by atoms with Crippen LogP contribution in [-0.4, -0.2) is 71.1 Å². The summed E-state index contributed by atoms with van der Waals surface area (Å²) in [5, 5.41) is 0. The lowest BCUT2D eigenvalue weighted by atomic mass is 10.0. The molecule has 11 heteroatoms. The topological polar surface area (TPSA) is 81.0 Å². The zero-order chi connectivity index (χ0) is 31.1. The molecule has 0 fully saturated rings. The summed E-state index contributed by atoms with van der Waals surface area (Å²) in [7, 11) is 1.25.